The molecule has 0 aromatic carbocycles. The summed E-state index contributed by atoms with van der Waals surface area (Å²) in [6, 6.07) is 1.88. The number of aryl methyl sites for hydroxylation is 3. The molecule has 2 heterocycles. The van der Waals surface area contributed by atoms with E-state index >= 15 is 0 Å². The summed E-state index contributed by atoms with van der Waals surface area (Å²) in [5.41, 5.74) is 3.33. The van der Waals surface area contributed by atoms with E-state index in [-0.39, 0.29) is 0 Å². The first kappa shape index (κ1) is 15.9. The molecule has 0 fully saturated rings. The summed E-state index contributed by atoms with van der Waals surface area (Å²) in [5, 5.41) is 7.05. The van der Waals surface area contributed by atoms with E-state index in [1.54, 1.807) is 0 Å². The van der Waals surface area contributed by atoms with Gasteiger partial charge in [0.15, 0.2) is 0 Å². The van der Waals surface area contributed by atoms with Gasteiger partial charge in [-0.1, -0.05) is 6.92 Å². The number of amides is 1. The number of ether oxygens (including phenoxy) is 1. The van der Waals surface area contributed by atoms with Gasteiger partial charge in [0.05, 0.1) is 5.69 Å². The van der Waals surface area contributed by atoms with Gasteiger partial charge in [-0.25, -0.2) is 14.8 Å². The SMILES string of the molecule is CCNC(=O)Oc1c(CC)c(C)nn1-c1nc(C)cc(C)n1. The summed E-state index contributed by atoms with van der Waals surface area (Å²) in [4.78, 5) is 20.6. The quantitative estimate of drug-likeness (QED) is 0.937. The van der Waals surface area contributed by atoms with Crippen LogP contribution in [-0.4, -0.2) is 32.4 Å². The molecule has 7 heteroatoms. The van der Waals surface area contributed by atoms with Crippen molar-refractivity contribution in [2.45, 2.75) is 41.0 Å². The van der Waals surface area contributed by atoms with Crippen molar-refractivity contribution in [3.8, 4) is 11.8 Å². The van der Waals surface area contributed by atoms with E-state index in [1.165, 1.54) is 4.68 Å². The minimum atomic E-state index is -0.511. The monoisotopic (exact) mass is 303 g/mol. The molecule has 0 atom stereocenters. The summed E-state index contributed by atoms with van der Waals surface area (Å²) in [6.07, 6.45) is 0.188. The van der Waals surface area contributed by atoms with Crippen molar-refractivity contribution in [2.75, 3.05) is 6.54 Å². The molecule has 2 aromatic heterocycles. The van der Waals surface area contributed by atoms with Crippen molar-refractivity contribution in [2.24, 2.45) is 0 Å². The topological polar surface area (TPSA) is 81.9 Å². The van der Waals surface area contributed by atoms with Crippen LogP contribution in [0.1, 0.15) is 36.5 Å². The summed E-state index contributed by atoms with van der Waals surface area (Å²) >= 11 is 0. The van der Waals surface area contributed by atoms with E-state index in [4.69, 9.17) is 4.74 Å². The van der Waals surface area contributed by atoms with E-state index in [0.717, 1.165) is 22.6 Å². The number of carbonyl (C=O) groups is 1. The maximum Gasteiger partial charge on any atom is 0.413 e. The van der Waals surface area contributed by atoms with Crippen molar-refractivity contribution >= 4 is 6.09 Å². The highest BCUT2D eigenvalue weighted by atomic mass is 16.6. The second-order valence-electron chi connectivity index (χ2n) is 5.01. The van der Waals surface area contributed by atoms with Gasteiger partial charge in [0, 0.05) is 23.5 Å². The highest BCUT2D eigenvalue weighted by Gasteiger charge is 2.21. The van der Waals surface area contributed by atoms with Crippen LogP contribution in [0.3, 0.4) is 0 Å². The second kappa shape index (κ2) is 6.55. The lowest BCUT2D eigenvalue weighted by atomic mass is 10.2. The Bertz CT molecular complexity index is 673. The number of nitrogens with one attached hydrogen (secondary N) is 1. The summed E-state index contributed by atoms with van der Waals surface area (Å²) in [6.45, 7) is 9.97. The Morgan fingerprint density at radius 2 is 1.86 bits per heavy atom. The molecule has 22 heavy (non-hydrogen) atoms. The standard InChI is InChI=1S/C15H21N5O2/c1-6-12-11(5)19-20(13(12)22-15(21)16-7-2)14-17-9(3)8-10(4)18-14/h8H,6-7H2,1-5H3,(H,16,21). The molecule has 7 nitrogen and oxygen atoms in total. The minimum absolute atomic E-state index is 0.371. The fraction of sp³-hybridized carbons (Fsp3) is 0.467. The van der Waals surface area contributed by atoms with Crippen LogP contribution in [0, 0.1) is 20.8 Å². The third-order valence-corrected chi connectivity index (χ3v) is 3.16. The predicted octanol–water partition coefficient (Wildman–Crippen LogP) is 2.26. The Morgan fingerprint density at radius 3 is 2.41 bits per heavy atom. The zero-order valence-corrected chi connectivity index (χ0v) is 13.6. The molecule has 1 N–H and O–H groups in total. The van der Waals surface area contributed by atoms with E-state index in [1.807, 2.05) is 40.7 Å². The van der Waals surface area contributed by atoms with Gasteiger partial charge in [-0.3, -0.25) is 0 Å². The number of aromatic nitrogens is 4. The Labute approximate surface area is 129 Å². The van der Waals surface area contributed by atoms with Crippen molar-refractivity contribution in [3.05, 3.63) is 28.7 Å². The van der Waals surface area contributed by atoms with Crippen molar-refractivity contribution in [3.63, 3.8) is 0 Å². The van der Waals surface area contributed by atoms with Gasteiger partial charge in [0.25, 0.3) is 5.95 Å². The first-order valence-electron chi connectivity index (χ1n) is 7.33. The number of hydrogen-bond acceptors (Lipinski definition) is 5. The normalized spacial score (nSPS) is 10.6. The average molecular weight is 303 g/mol. The van der Waals surface area contributed by atoms with Gasteiger partial charge in [-0.15, -0.1) is 0 Å². The molecule has 0 bridgehead atoms. The summed E-state index contributed by atoms with van der Waals surface area (Å²) < 4.78 is 6.92. The zero-order chi connectivity index (χ0) is 16.3. The van der Waals surface area contributed by atoms with Crippen LogP contribution in [0.25, 0.3) is 5.95 Å². The fourth-order valence-electron chi connectivity index (χ4n) is 2.26. The van der Waals surface area contributed by atoms with E-state index in [0.29, 0.717) is 24.8 Å². The number of nitrogens with zero attached hydrogens (tertiary/aromatic N) is 4. The van der Waals surface area contributed by atoms with E-state index in [9.17, 15) is 4.79 Å². The second-order valence-corrected chi connectivity index (χ2v) is 5.01. The van der Waals surface area contributed by atoms with Crippen LogP contribution in [-0.2, 0) is 6.42 Å². The highest BCUT2D eigenvalue weighted by molar-refractivity contribution is 5.70. The first-order chi connectivity index (χ1) is 10.5. The van der Waals surface area contributed by atoms with E-state index in [2.05, 4.69) is 20.4 Å². The lowest BCUT2D eigenvalue weighted by molar-refractivity contribution is 0.197. The van der Waals surface area contributed by atoms with Gasteiger partial charge < -0.3 is 10.1 Å². The predicted molar refractivity (Wildman–Crippen MR) is 82.4 cm³/mol. The van der Waals surface area contributed by atoms with Gasteiger partial charge in [0.1, 0.15) is 0 Å². The van der Waals surface area contributed by atoms with Crippen LogP contribution >= 0.6 is 0 Å². The molecule has 0 saturated carbocycles. The minimum Gasteiger partial charge on any atom is -0.391 e. The van der Waals surface area contributed by atoms with Gasteiger partial charge >= 0.3 is 6.09 Å². The molecule has 0 saturated heterocycles. The smallest absolute Gasteiger partial charge is 0.391 e. The molecule has 118 valence electrons. The van der Waals surface area contributed by atoms with E-state index < -0.39 is 6.09 Å². The van der Waals surface area contributed by atoms with Crippen molar-refractivity contribution in [1.29, 1.82) is 0 Å². The Balaban J connectivity index is 2.52. The highest BCUT2D eigenvalue weighted by Crippen LogP contribution is 2.25. The van der Waals surface area contributed by atoms with Crippen LogP contribution in [0.5, 0.6) is 5.88 Å². The molecule has 2 rings (SSSR count). The third kappa shape index (κ3) is 3.24. The lowest BCUT2D eigenvalue weighted by Gasteiger charge is -2.09. The molecular weight excluding hydrogens is 282 g/mol. The Morgan fingerprint density at radius 1 is 1.23 bits per heavy atom. The zero-order valence-electron chi connectivity index (χ0n) is 13.6. The van der Waals surface area contributed by atoms with Crippen molar-refractivity contribution in [1.82, 2.24) is 25.1 Å². The van der Waals surface area contributed by atoms with Crippen LogP contribution in [0.4, 0.5) is 4.79 Å². The van der Waals surface area contributed by atoms with Gasteiger partial charge in [-0.2, -0.15) is 9.78 Å². The first-order valence-corrected chi connectivity index (χ1v) is 7.33. The largest absolute Gasteiger partial charge is 0.413 e. The number of rotatable bonds is 4. The molecule has 1 amide bonds. The van der Waals surface area contributed by atoms with Gasteiger partial charge in [-0.05, 0) is 40.2 Å². The molecule has 0 aliphatic heterocycles. The molecular formula is C15H21N5O2. The van der Waals surface area contributed by atoms with Crippen LogP contribution in [0.2, 0.25) is 0 Å². The molecule has 0 aliphatic carbocycles. The summed E-state index contributed by atoms with van der Waals surface area (Å²) in [7, 11) is 0. The maximum absolute atomic E-state index is 11.8. The Kier molecular flexibility index (Phi) is 4.75. The fourth-order valence-corrected chi connectivity index (χ4v) is 2.26. The molecule has 0 spiro atoms. The molecule has 0 radical (unpaired) electrons. The molecule has 0 aliphatic rings. The van der Waals surface area contributed by atoms with Crippen LogP contribution < -0.4 is 10.1 Å². The average Bonchev–Trinajstić information content (AvgIpc) is 2.74. The van der Waals surface area contributed by atoms with Crippen molar-refractivity contribution < 1.29 is 9.53 Å². The maximum atomic E-state index is 11.8. The number of hydrogen-bond donors (Lipinski definition) is 1. The number of carbonyl (C=O) groups excluding carboxylic acids is 1. The molecule has 2 aromatic rings. The summed E-state index contributed by atoms with van der Waals surface area (Å²) in [5.74, 6) is 0.774. The third-order valence-electron chi connectivity index (χ3n) is 3.16. The molecule has 0 unspecified atom stereocenters. The van der Waals surface area contributed by atoms with Crippen LogP contribution in [0.15, 0.2) is 6.07 Å². The Hall–Kier alpha value is -2.44. The lowest BCUT2D eigenvalue weighted by Crippen LogP contribution is -2.27. The van der Waals surface area contributed by atoms with Gasteiger partial charge in [0.2, 0.25) is 5.88 Å².